The lowest BCUT2D eigenvalue weighted by atomic mass is 9.77. The highest BCUT2D eigenvalue weighted by Crippen LogP contribution is 2.52. The van der Waals surface area contributed by atoms with E-state index in [1.165, 1.54) is 127 Å². The van der Waals surface area contributed by atoms with Gasteiger partial charge in [0.25, 0.3) is 11.8 Å². The lowest BCUT2D eigenvalue weighted by molar-refractivity contribution is -0.122. The Morgan fingerprint density at radius 2 is 0.850 bits per heavy atom. The van der Waals surface area contributed by atoms with E-state index >= 15 is 0 Å². The lowest BCUT2D eigenvalue weighted by Crippen LogP contribution is -2.37. The van der Waals surface area contributed by atoms with E-state index in [1.54, 1.807) is 28.1 Å². The van der Waals surface area contributed by atoms with Crippen LogP contribution in [0.4, 0.5) is 35.1 Å². The van der Waals surface area contributed by atoms with Crippen LogP contribution in [0.25, 0.3) is 0 Å². The molecule has 0 spiro atoms. The maximum absolute atomic E-state index is 13.2. The predicted octanol–water partition coefficient (Wildman–Crippen LogP) is 35.3. The van der Waals surface area contributed by atoms with Crippen molar-refractivity contribution in [3.05, 3.63) is 12.2 Å². The van der Waals surface area contributed by atoms with Crippen LogP contribution in [0.3, 0.4) is 0 Å². The molecule has 9 fully saturated rings. The Balaban J connectivity index is -0.000000568. The van der Waals surface area contributed by atoms with E-state index < -0.39 is 35.0 Å². The van der Waals surface area contributed by atoms with Crippen LogP contribution in [0.2, 0.25) is 0 Å². The van der Waals surface area contributed by atoms with E-state index in [9.17, 15) is 35.1 Å². The van der Waals surface area contributed by atoms with Gasteiger partial charge >= 0.3 is 0 Å². The molecular formula is C101H200F8O3S. The number of unbranched alkanes of at least 4 members (excludes halogenated alkanes) is 1. The molecule has 0 aromatic heterocycles. The number of halogens is 8. The number of methoxy groups -OCH3 is 2. The van der Waals surface area contributed by atoms with Crippen molar-refractivity contribution in [2.75, 3.05) is 52.2 Å². The van der Waals surface area contributed by atoms with E-state index in [-0.39, 0.29) is 31.1 Å². The van der Waals surface area contributed by atoms with Crippen molar-refractivity contribution in [3.8, 4) is 0 Å². The summed E-state index contributed by atoms with van der Waals surface area (Å²) >= 11 is 2.09. The van der Waals surface area contributed by atoms with E-state index in [1.807, 2.05) is 13.8 Å². The first-order chi connectivity index (χ1) is 52.2. The molecule has 0 amide bonds. The molecule has 0 bridgehead atoms. The molecule has 113 heavy (non-hydrogen) atoms. The third kappa shape index (κ3) is 76.1. The molecule has 0 radical (unpaired) electrons. The molecule has 2 atom stereocenters. The number of rotatable bonds is 30. The summed E-state index contributed by atoms with van der Waals surface area (Å²) in [6.07, 6.45) is 40.4. The molecule has 8 aliphatic carbocycles. The quantitative estimate of drug-likeness (QED) is 0.0529. The van der Waals surface area contributed by atoms with Crippen molar-refractivity contribution in [2.24, 2.45) is 130 Å². The highest BCUT2D eigenvalue weighted by atomic mass is 32.2. The van der Waals surface area contributed by atoms with Crippen LogP contribution in [0.5, 0.6) is 0 Å². The van der Waals surface area contributed by atoms with Gasteiger partial charge in [-0.3, -0.25) is 0 Å². The Hall–Kier alpha value is -0.590. The standard InChI is InChI=1S/C9H16.2C8H14F2.C8H15F.2C8H16.C7H12F2.C7H13F.C7H14O.C7H14S.C7H16.C6H14O.C6H14.C5H12O/c1-8(2)7-9-5-3-4-6-9;1-6(2)3-7-4-8(9,10)5-7;1-6(2)8(9,10)7-4-3-5-7;1-7(2)6-8(9)4-3-5-8;1-7(2)6-8(3)4-5-8;1-7(2)6-8-4-3-5-8;1-5(2)3-6-4-7(6,8)9;1-6(2)5-7(8)3-4-7;2*1-6(2)3-7-4-8-5-7;1-4-5-6-7(2)3;1-6(2)4-5-7-3;1-4-5-6(2)3;1-5(2)4-6-3/h3,5,8-9H,4,6-7H2,1-2H3;2*6-7H,3-5H2,1-2H3;7H,3-6H2,1-2H3;7H,4-6H2,1-3H3;7-8H,3-6H2,1-2H3;5-6H,3-4H2,1-2H3;6H,3-5H2,1-2H3;2*6-7H,3-5H2,1-2H3;7H,4-6H2,1-3H3;6H,4-5H2,1-3H3;6H,4-5H2,1-3H3;5H,4H2,1-3H3. The van der Waals surface area contributed by atoms with E-state index in [4.69, 9.17) is 14.2 Å². The van der Waals surface area contributed by atoms with Gasteiger partial charge in [0, 0.05) is 70.4 Å². The van der Waals surface area contributed by atoms with Gasteiger partial charge in [-0.15, -0.1) is 0 Å². The Morgan fingerprint density at radius 3 is 0.991 bits per heavy atom. The number of thioether (sulfide) groups is 1. The second kappa shape index (κ2) is 66.0. The summed E-state index contributed by atoms with van der Waals surface area (Å²) in [7, 11) is 3.46. The average molecular weight is 1650 g/mol. The molecule has 2 saturated heterocycles. The number of allylic oxidation sites excluding steroid dienone is 2. The topological polar surface area (TPSA) is 27.7 Å². The van der Waals surface area contributed by atoms with Gasteiger partial charge < -0.3 is 14.2 Å². The van der Waals surface area contributed by atoms with Crippen LogP contribution >= 0.6 is 11.8 Å². The van der Waals surface area contributed by atoms with Gasteiger partial charge in [-0.1, -0.05) is 285 Å². The Bertz CT molecular complexity index is 2000. The molecular weight excluding hydrogens is 1450 g/mol. The summed E-state index contributed by atoms with van der Waals surface area (Å²) in [5.74, 6) is 8.78. The molecule has 12 heteroatoms. The average Bonchev–Trinajstić information content (AvgIpc) is 1.69. The minimum absolute atomic E-state index is 0.130. The summed E-state index contributed by atoms with van der Waals surface area (Å²) in [4.78, 5) is 0. The van der Waals surface area contributed by atoms with Crippen LogP contribution in [0.1, 0.15) is 427 Å². The van der Waals surface area contributed by atoms with Crippen molar-refractivity contribution < 1.29 is 49.3 Å². The maximum atomic E-state index is 13.2. The first-order valence-corrected chi connectivity index (χ1v) is 48.6. The van der Waals surface area contributed by atoms with Crippen LogP contribution in [-0.4, -0.2) is 81.3 Å². The summed E-state index contributed by atoms with van der Waals surface area (Å²) in [5, 5.41) is 0. The van der Waals surface area contributed by atoms with Gasteiger partial charge in [-0.25, -0.2) is 35.1 Å². The van der Waals surface area contributed by atoms with Gasteiger partial charge in [-0.05, 0) is 252 Å². The molecule has 684 valence electrons. The minimum Gasteiger partial charge on any atom is -0.385 e. The number of hydrogen-bond donors (Lipinski definition) is 0. The van der Waals surface area contributed by atoms with Crippen molar-refractivity contribution >= 4 is 11.8 Å². The molecule has 10 aliphatic rings. The molecule has 2 unspecified atom stereocenters. The third-order valence-electron chi connectivity index (χ3n) is 22.0. The fourth-order valence-corrected chi connectivity index (χ4v) is 15.7. The zero-order valence-corrected chi connectivity index (χ0v) is 82.3. The van der Waals surface area contributed by atoms with Crippen molar-refractivity contribution in [3.63, 3.8) is 0 Å². The van der Waals surface area contributed by atoms with Crippen molar-refractivity contribution in [1.29, 1.82) is 0 Å². The fourth-order valence-electron chi connectivity index (χ4n) is 14.9. The lowest BCUT2D eigenvalue weighted by Gasteiger charge is -2.35. The predicted molar refractivity (Wildman–Crippen MR) is 488 cm³/mol. The van der Waals surface area contributed by atoms with Crippen molar-refractivity contribution in [2.45, 2.75) is 456 Å². The van der Waals surface area contributed by atoms with E-state index in [2.05, 4.69) is 211 Å². The third-order valence-corrected chi connectivity index (χ3v) is 23.5. The van der Waals surface area contributed by atoms with E-state index in [0.717, 1.165) is 173 Å². The number of hydrogen-bond acceptors (Lipinski definition) is 4. The first kappa shape index (κ1) is 119. The first-order valence-electron chi connectivity index (χ1n) is 47.5. The van der Waals surface area contributed by atoms with Gasteiger partial charge in [0.05, 0.1) is 13.2 Å². The zero-order valence-electron chi connectivity index (χ0n) is 81.5. The largest absolute Gasteiger partial charge is 0.385 e. The van der Waals surface area contributed by atoms with Crippen LogP contribution in [-0.2, 0) is 14.2 Å². The molecule has 0 aromatic rings. The SMILES string of the molecule is CC(C)C(F)(F)C1CCC1.CC(C)CC1(C)CC1.CC(C)CC1(F)CC1.CC(C)CC1(F)CCC1.CC(C)CC1C=CCC1.CC(C)CC1CC(F)(F)C1.CC(C)CC1CC1(F)F.CC(C)CC1CCC1.CC(C)CC1COC1.CC(C)CC1CSC1.CCCC(C)C.CCCCC(C)C.COCC(C)C.COCCC(C)C. The molecule has 2 heterocycles. The van der Waals surface area contributed by atoms with Crippen molar-refractivity contribution in [1.82, 2.24) is 0 Å². The van der Waals surface area contributed by atoms with Gasteiger partial charge in [0.15, 0.2) is 0 Å². The number of ether oxygens (including phenoxy) is 3. The van der Waals surface area contributed by atoms with E-state index in [0.29, 0.717) is 41.9 Å². The highest BCUT2D eigenvalue weighted by Gasteiger charge is 2.56. The summed E-state index contributed by atoms with van der Waals surface area (Å²) in [6.45, 7) is 71.0. The van der Waals surface area contributed by atoms with Gasteiger partial charge in [-0.2, -0.15) is 11.8 Å². The fraction of sp³-hybridized carbons (Fsp3) is 0.980. The normalized spacial score (nSPS) is 20.8. The Kier molecular flexibility index (Phi) is 69.4. The maximum Gasteiger partial charge on any atom is 0.253 e. The zero-order chi connectivity index (χ0) is 87.9. The molecule has 2 aliphatic heterocycles. The van der Waals surface area contributed by atoms with Crippen LogP contribution in [0, 0.1) is 130 Å². The Morgan fingerprint density at radius 1 is 0.425 bits per heavy atom. The highest BCUT2D eigenvalue weighted by molar-refractivity contribution is 8.00. The van der Waals surface area contributed by atoms with Crippen LogP contribution in [0.15, 0.2) is 12.2 Å². The molecule has 7 saturated carbocycles. The summed E-state index contributed by atoms with van der Waals surface area (Å²) in [6, 6.07) is 0. The molecule has 0 aromatic carbocycles. The summed E-state index contributed by atoms with van der Waals surface area (Å²) < 4.78 is 115. The molecule has 10 rings (SSSR count). The van der Waals surface area contributed by atoms with Gasteiger partial charge in [0.2, 0.25) is 5.92 Å². The smallest absolute Gasteiger partial charge is 0.253 e. The Labute approximate surface area is 706 Å². The summed E-state index contributed by atoms with van der Waals surface area (Å²) in [5.41, 5.74) is -0.712. The monoisotopic (exact) mass is 1650 g/mol. The second-order valence-electron chi connectivity index (χ2n) is 42.9. The molecule has 3 nitrogen and oxygen atoms in total. The second-order valence-corrected chi connectivity index (χ2v) is 44.0. The minimum atomic E-state index is -2.40. The number of alkyl halides is 8. The van der Waals surface area contributed by atoms with Crippen LogP contribution < -0.4 is 0 Å². The van der Waals surface area contributed by atoms with Gasteiger partial charge in [0.1, 0.15) is 11.3 Å². The molecule has 0 N–H and O–H groups in total.